The predicted octanol–water partition coefficient (Wildman–Crippen LogP) is 3.38. The largest absolute Gasteiger partial charge is 0.357 e. The van der Waals surface area contributed by atoms with Crippen LogP contribution in [-0.2, 0) is 6.54 Å². The van der Waals surface area contributed by atoms with E-state index in [-0.39, 0.29) is 0 Å². The van der Waals surface area contributed by atoms with E-state index in [1.54, 1.807) is 0 Å². The van der Waals surface area contributed by atoms with Gasteiger partial charge < -0.3 is 5.32 Å². The van der Waals surface area contributed by atoms with Gasteiger partial charge in [0, 0.05) is 6.54 Å². The molecule has 0 saturated heterocycles. The third-order valence-corrected chi connectivity index (χ3v) is 3.33. The van der Waals surface area contributed by atoms with E-state index in [1.807, 2.05) is 25.1 Å². The third kappa shape index (κ3) is 5.00. The van der Waals surface area contributed by atoms with E-state index in [4.69, 9.17) is 12.2 Å². The molecule has 0 heterocycles. The zero-order chi connectivity index (χ0) is 15.1. The lowest BCUT2D eigenvalue weighted by molar-refractivity contribution is 0.866. The number of nitrogens with one attached hydrogen (secondary N) is 2. The number of aryl methyl sites for hydroxylation is 1. The van der Waals surface area contributed by atoms with Crippen molar-refractivity contribution < 1.29 is 0 Å². The predicted molar refractivity (Wildman–Crippen MR) is 92.4 cm³/mol. The van der Waals surface area contributed by atoms with Crippen LogP contribution in [0, 0.1) is 6.92 Å². The Bertz CT molecular complexity index is 618. The van der Waals surface area contributed by atoms with E-state index in [0.29, 0.717) is 11.7 Å². The maximum Gasteiger partial charge on any atom is 0.187 e. The minimum atomic E-state index is 0.519. The van der Waals surface area contributed by atoms with E-state index in [2.05, 4.69) is 59.2 Å². The molecule has 0 unspecified atom stereocenters. The Morgan fingerprint density at radius 3 is 2.38 bits per heavy atom. The van der Waals surface area contributed by atoms with Gasteiger partial charge in [-0.15, -0.1) is 0 Å². The van der Waals surface area contributed by atoms with Crippen LogP contribution < -0.4 is 10.7 Å². The highest BCUT2D eigenvalue weighted by Gasteiger charge is 1.98. The number of thiocarbonyl (C=S) groups is 1. The molecule has 2 rings (SSSR count). The number of nitrogens with zero attached hydrogens (tertiary/aromatic N) is 1. The molecule has 0 aliphatic rings. The van der Waals surface area contributed by atoms with Gasteiger partial charge in [0.15, 0.2) is 5.11 Å². The first-order valence-electron chi connectivity index (χ1n) is 6.84. The van der Waals surface area contributed by atoms with Crippen molar-refractivity contribution >= 4 is 23.0 Å². The molecule has 0 aliphatic carbocycles. The Morgan fingerprint density at radius 2 is 1.71 bits per heavy atom. The molecule has 2 aromatic carbocycles. The molecule has 0 bridgehead atoms. The van der Waals surface area contributed by atoms with Gasteiger partial charge in [0.1, 0.15) is 0 Å². The van der Waals surface area contributed by atoms with Crippen LogP contribution in [0.4, 0.5) is 0 Å². The van der Waals surface area contributed by atoms with Gasteiger partial charge in [-0.1, -0.05) is 60.2 Å². The molecule has 0 fully saturated rings. The van der Waals surface area contributed by atoms with E-state index < -0.39 is 0 Å². The summed E-state index contributed by atoms with van der Waals surface area (Å²) in [6, 6.07) is 18.4. The number of rotatable bonds is 4. The molecule has 0 amide bonds. The zero-order valence-corrected chi connectivity index (χ0v) is 13.1. The van der Waals surface area contributed by atoms with Gasteiger partial charge in [0.2, 0.25) is 0 Å². The van der Waals surface area contributed by atoms with Gasteiger partial charge in [-0.25, -0.2) is 0 Å². The summed E-state index contributed by atoms with van der Waals surface area (Å²) in [5, 5.41) is 7.95. The highest BCUT2D eigenvalue weighted by molar-refractivity contribution is 7.80. The quantitative estimate of drug-likeness (QED) is 0.516. The number of benzene rings is 2. The second-order valence-electron chi connectivity index (χ2n) is 4.84. The molecule has 4 heteroatoms. The molecule has 2 N–H and O–H groups in total. The number of hydrogen-bond acceptors (Lipinski definition) is 2. The van der Waals surface area contributed by atoms with E-state index in [1.165, 1.54) is 11.1 Å². The molecule has 0 aromatic heterocycles. The monoisotopic (exact) mass is 297 g/mol. The average Bonchev–Trinajstić information content (AvgIpc) is 2.52. The second kappa shape index (κ2) is 7.55. The first-order chi connectivity index (χ1) is 10.1. The molecule has 0 saturated carbocycles. The van der Waals surface area contributed by atoms with Crippen molar-refractivity contribution in [2.24, 2.45) is 5.10 Å². The summed E-state index contributed by atoms with van der Waals surface area (Å²) in [5.41, 5.74) is 7.28. The average molecular weight is 297 g/mol. The summed E-state index contributed by atoms with van der Waals surface area (Å²) in [4.78, 5) is 0. The van der Waals surface area contributed by atoms with Crippen LogP contribution in [0.1, 0.15) is 23.6 Å². The molecule has 0 spiro atoms. The second-order valence-corrected chi connectivity index (χ2v) is 5.25. The van der Waals surface area contributed by atoms with Crippen LogP contribution in [0.15, 0.2) is 59.7 Å². The first kappa shape index (κ1) is 15.2. The molecule has 108 valence electrons. The zero-order valence-electron chi connectivity index (χ0n) is 12.3. The van der Waals surface area contributed by atoms with Crippen molar-refractivity contribution in [2.75, 3.05) is 0 Å². The molecule has 0 atom stereocenters. The lowest BCUT2D eigenvalue weighted by Crippen LogP contribution is -2.32. The van der Waals surface area contributed by atoms with Crippen LogP contribution >= 0.6 is 12.2 Å². The third-order valence-electron chi connectivity index (χ3n) is 3.09. The SMILES string of the molecule is CC(=NNC(=S)NCc1ccccc1)c1ccc(C)cc1. The van der Waals surface area contributed by atoms with Gasteiger partial charge in [-0.05, 0) is 37.2 Å². The highest BCUT2D eigenvalue weighted by Crippen LogP contribution is 2.04. The molecule has 0 aliphatic heterocycles. The summed E-state index contributed by atoms with van der Waals surface area (Å²) >= 11 is 5.21. The van der Waals surface area contributed by atoms with Gasteiger partial charge >= 0.3 is 0 Å². The van der Waals surface area contributed by atoms with Crippen LogP contribution in [-0.4, -0.2) is 10.8 Å². The lowest BCUT2D eigenvalue weighted by Gasteiger charge is -2.08. The Morgan fingerprint density at radius 1 is 1.05 bits per heavy atom. The van der Waals surface area contributed by atoms with Gasteiger partial charge in [0.25, 0.3) is 0 Å². The van der Waals surface area contributed by atoms with Gasteiger partial charge in [0.05, 0.1) is 5.71 Å². The number of hydrogen-bond donors (Lipinski definition) is 2. The van der Waals surface area contributed by atoms with Crippen LogP contribution in [0.25, 0.3) is 0 Å². The Balaban J connectivity index is 1.85. The maximum atomic E-state index is 5.21. The normalized spacial score (nSPS) is 11.0. The van der Waals surface area contributed by atoms with Gasteiger partial charge in [-0.2, -0.15) is 5.10 Å². The molecule has 2 aromatic rings. The summed E-state index contributed by atoms with van der Waals surface area (Å²) in [6.45, 7) is 4.71. The molecule has 3 nitrogen and oxygen atoms in total. The maximum absolute atomic E-state index is 5.21. The van der Waals surface area contributed by atoms with Crippen LogP contribution in [0.3, 0.4) is 0 Å². The summed E-state index contributed by atoms with van der Waals surface area (Å²) in [5.74, 6) is 0. The summed E-state index contributed by atoms with van der Waals surface area (Å²) < 4.78 is 0. The summed E-state index contributed by atoms with van der Waals surface area (Å²) in [6.07, 6.45) is 0. The van der Waals surface area contributed by atoms with E-state index in [9.17, 15) is 0 Å². The van der Waals surface area contributed by atoms with Crippen LogP contribution in [0.5, 0.6) is 0 Å². The van der Waals surface area contributed by atoms with Crippen molar-refractivity contribution in [1.29, 1.82) is 0 Å². The van der Waals surface area contributed by atoms with Gasteiger partial charge in [-0.3, -0.25) is 5.43 Å². The van der Waals surface area contributed by atoms with Crippen LogP contribution in [0.2, 0.25) is 0 Å². The van der Waals surface area contributed by atoms with E-state index in [0.717, 1.165) is 11.3 Å². The molecule has 21 heavy (non-hydrogen) atoms. The lowest BCUT2D eigenvalue weighted by atomic mass is 10.1. The van der Waals surface area contributed by atoms with Crippen molar-refractivity contribution in [3.8, 4) is 0 Å². The van der Waals surface area contributed by atoms with Crippen molar-refractivity contribution in [2.45, 2.75) is 20.4 Å². The Labute approximate surface area is 131 Å². The van der Waals surface area contributed by atoms with Crippen molar-refractivity contribution in [1.82, 2.24) is 10.7 Å². The Hall–Kier alpha value is -2.20. The minimum Gasteiger partial charge on any atom is -0.357 e. The fourth-order valence-corrected chi connectivity index (χ4v) is 1.93. The molecular weight excluding hydrogens is 278 g/mol. The summed E-state index contributed by atoms with van der Waals surface area (Å²) in [7, 11) is 0. The smallest absolute Gasteiger partial charge is 0.187 e. The molecule has 0 radical (unpaired) electrons. The van der Waals surface area contributed by atoms with Crippen molar-refractivity contribution in [3.63, 3.8) is 0 Å². The standard InChI is InChI=1S/C17H19N3S/c1-13-8-10-16(11-9-13)14(2)19-20-17(21)18-12-15-6-4-3-5-7-15/h3-11H,12H2,1-2H3,(H2,18,20,21). The fraction of sp³-hybridized carbons (Fsp3) is 0.176. The highest BCUT2D eigenvalue weighted by atomic mass is 32.1. The van der Waals surface area contributed by atoms with E-state index >= 15 is 0 Å². The minimum absolute atomic E-state index is 0.519. The Kier molecular flexibility index (Phi) is 5.46. The topological polar surface area (TPSA) is 36.4 Å². The van der Waals surface area contributed by atoms with Crippen molar-refractivity contribution in [3.05, 3.63) is 71.3 Å². The fourth-order valence-electron chi connectivity index (χ4n) is 1.81. The molecular formula is C17H19N3S. The number of hydrazone groups is 1. The first-order valence-corrected chi connectivity index (χ1v) is 7.25.